The van der Waals surface area contributed by atoms with Crippen molar-refractivity contribution < 1.29 is 14.5 Å². The summed E-state index contributed by atoms with van der Waals surface area (Å²) in [6.45, 7) is 6.00. The summed E-state index contributed by atoms with van der Waals surface area (Å²) in [4.78, 5) is 15.1. The SMILES string of the molecule is CC1(C)OB(O)c2cc(-c3ccc(C(=O)N4CCC(c5cccc(CN)c5)CC4)cc3)ccc21. The number of likely N-dealkylation sites (tertiary alicyclic amines) is 1. The molecule has 0 atom stereocenters. The second kappa shape index (κ2) is 9.03. The molecule has 3 aromatic carbocycles. The molecule has 3 aromatic rings. The number of carbonyl (C=O) groups is 1. The van der Waals surface area contributed by atoms with Gasteiger partial charge >= 0.3 is 7.12 Å². The zero-order chi connectivity index (χ0) is 23.9. The largest absolute Gasteiger partial charge is 0.492 e. The highest BCUT2D eigenvalue weighted by atomic mass is 16.5. The molecule has 0 aliphatic carbocycles. The first-order valence-corrected chi connectivity index (χ1v) is 12.0. The minimum atomic E-state index is -0.911. The van der Waals surface area contributed by atoms with Crippen molar-refractivity contribution in [3.05, 3.63) is 89.0 Å². The van der Waals surface area contributed by atoms with Gasteiger partial charge in [0.1, 0.15) is 0 Å². The summed E-state index contributed by atoms with van der Waals surface area (Å²) >= 11 is 0. The van der Waals surface area contributed by atoms with E-state index in [1.807, 2.05) is 61.2 Å². The summed E-state index contributed by atoms with van der Waals surface area (Å²) in [6, 6.07) is 22.3. The highest BCUT2D eigenvalue weighted by Crippen LogP contribution is 2.32. The number of nitrogens with two attached hydrogens (primary N) is 1. The van der Waals surface area contributed by atoms with Crippen LogP contribution in [0, 0.1) is 0 Å². The van der Waals surface area contributed by atoms with E-state index in [1.165, 1.54) is 5.56 Å². The molecular formula is C28H31BN2O3. The van der Waals surface area contributed by atoms with Gasteiger partial charge in [0.15, 0.2) is 0 Å². The van der Waals surface area contributed by atoms with Crippen LogP contribution in [0.1, 0.15) is 59.7 Å². The number of nitrogens with zero attached hydrogens (tertiary/aromatic N) is 1. The number of carbonyl (C=O) groups excluding carboxylic acids is 1. The monoisotopic (exact) mass is 454 g/mol. The first-order chi connectivity index (χ1) is 16.4. The number of amides is 1. The minimum absolute atomic E-state index is 0.0836. The third kappa shape index (κ3) is 4.29. The van der Waals surface area contributed by atoms with Gasteiger partial charge < -0.3 is 20.3 Å². The molecular weight excluding hydrogens is 423 g/mol. The Bertz CT molecular complexity index is 1200. The van der Waals surface area contributed by atoms with Gasteiger partial charge in [-0.2, -0.15) is 0 Å². The molecule has 6 heteroatoms. The van der Waals surface area contributed by atoms with E-state index >= 15 is 0 Å². The van der Waals surface area contributed by atoms with Crippen molar-refractivity contribution in [2.75, 3.05) is 13.1 Å². The quantitative estimate of drug-likeness (QED) is 0.589. The van der Waals surface area contributed by atoms with E-state index in [1.54, 1.807) is 0 Å². The van der Waals surface area contributed by atoms with Crippen molar-refractivity contribution in [3.8, 4) is 11.1 Å². The van der Waals surface area contributed by atoms with E-state index in [0.29, 0.717) is 18.0 Å². The van der Waals surface area contributed by atoms with Gasteiger partial charge in [0, 0.05) is 25.2 Å². The molecule has 1 fully saturated rings. The second-order valence-corrected chi connectivity index (χ2v) is 9.88. The van der Waals surface area contributed by atoms with E-state index in [9.17, 15) is 9.82 Å². The summed E-state index contributed by atoms with van der Waals surface area (Å²) in [7, 11) is -0.911. The van der Waals surface area contributed by atoms with E-state index < -0.39 is 12.7 Å². The highest BCUT2D eigenvalue weighted by Gasteiger charge is 2.40. The summed E-state index contributed by atoms with van der Waals surface area (Å²) in [5, 5.41) is 10.3. The van der Waals surface area contributed by atoms with Crippen molar-refractivity contribution in [1.29, 1.82) is 0 Å². The van der Waals surface area contributed by atoms with Gasteiger partial charge in [-0.3, -0.25) is 4.79 Å². The molecule has 5 nitrogen and oxygen atoms in total. The Morgan fingerprint density at radius 1 is 1.06 bits per heavy atom. The lowest BCUT2D eigenvalue weighted by molar-refractivity contribution is 0.0713. The Morgan fingerprint density at radius 3 is 2.47 bits per heavy atom. The van der Waals surface area contributed by atoms with Crippen LogP contribution in [0.5, 0.6) is 0 Å². The molecule has 0 radical (unpaired) electrons. The van der Waals surface area contributed by atoms with Gasteiger partial charge in [0.2, 0.25) is 0 Å². The summed E-state index contributed by atoms with van der Waals surface area (Å²) in [5.74, 6) is 0.558. The molecule has 2 aliphatic rings. The van der Waals surface area contributed by atoms with Gasteiger partial charge in [-0.05, 0) is 78.0 Å². The predicted molar refractivity (Wildman–Crippen MR) is 136 cm³/mol. The molecule has 0 bridgehead atoms. The van der Waals surface area contributed by atoms with Gasteiger partial charge in [-0.15, -0.1) is 0 Å². The molecule has 0 spiro atoms. The summed E-state index contributed by atoms with van der Waals surface area (Å²) in [5.41, 5.74) is 12.3. The fraction of sp³-hybridized carbons (Fsp3) is 0.321. The van der Waals surface area contributed by atoms with Gasteiger partial charge in [0.25, 0.3) is 5.91 Å². The number of piperidine rings is 1. The molecule has 0 aromatic heterocycles. The average molecular weight is 454 g/mol. The first kappa shape index (κ1) is 22.8. The Balaban J connectivity index is 1.26. The Hall–Kier alpha value is -2.93. The number of fused-ring (bicyclic) bond motifs is 1. The van der Waals surface area contributed by atoms with Crippen molar-refractivity contribution in [3.63, 3.8) is 0 Å². The lowest BCUT2D eigenvalue weighted by Crippen LogP contribution is -2.37. The maximum Gasteiger partial charge on any atom is 0.492 e. The third-order valence-corrected chi connectivity index (χ3v) is 7.28. The van der Waals surface area contributed by atoms with Crippen LogP contribution in [-0.4, -0.2) is 36.0 Å². The highest BCUT2D eigenvalue weighted by molar-refractivity contribution is 6.62. The molecule has 5 rings (SSSR count). The topological polar surface area (TPSA) is 75.8 Å². The van der Waals surface area contributed by atoms with E-state index in [2.05, 4.69) is 24.3 Å². The summed E-state index contributed by atoms with van der Waals surface area (Å²) in [6.07, 6.45) is 1.93. The maximum absolute atomic E-state index is 13.1. The molecule has 174 valence electrons. The van der Waals surface area contributed by atoms with E-state index in [-0.39, 0.29) is 5.91 Å². The lowest BCUT2D eigenvalue weighted by Gasteiger charge is -2.32. The van der Waals surface area contributed by atoms with Crippen LogP contribution < -0.4 is 11.2 Å². The number of hydrogen-bond donors (Lipinski definition) is 2. The average Bonchev–Trinajstić information content (AvgIpc) is 3.11. The third-order valence-electron chi connectivity index (χ3n) is 7.28. The molecule has 2 aliphatic heterocycles. The van der Waals surface area contributed by atoms with E-state index in [4.69, 9.17) is 10.4 Å². The second-order valence-electron chi connectivity index (χ2n) is 9.88. The molecule has 1 saturated heterocycles. The smallest absolute Gasteiger partial charge is 0.423 e. The molecule has 3 N–H and O–H groups in total. The Kier molecular flexibility index (Phi) is 6.06. The van der Waals surface area contributed by atoms with Gasteiger partial charge in [-0.25, -0.2) is 0 Å². The van der Waals surface area contributed by atoms with Crippen molar-refractivity contribution in [2.24, 2.45) is 5.73 Å². The predicted octanol–water partition coefficient (Wildman–Crippen LogP) is 3.78. The number of rotatable bonds is 4. The fourth-order valence-corrected chi connectivity index (χ4v) is 5.28. The molecule has 2 heterocycles. The van der Waals surface area contributed by atoms with Crippen LogP contribution in [0.2, 0.25) is 0 Å². The van der Waals surface area contributed by atoms with Crippen molar-refractivity contribution in [1.82, 2.24) is 4.90 Å². The van der Waals surface area contributed by atoms with Crippen LogP contribution in [0.25, 0.3) is 11.1 Å². The minimum Gasteiger partial charge on any atom is -0.423 e. The lowest BCUT2D eigenvalue weighted by atomic mass is 9.77. The Labute approximate surface area is 201 Å². The van der Waals surface area contributed by atoms with Crippen LogP contribution in [-0.2, 0) is 16.8 Å². The Morgan fingerprint density at radius 2 is 1.76 bits per heavy atom. The standard InChI is InChI=1S/C28H31BN2O3/c1-28(2)25-11-10-24(17-26(25)29(33)34-28)20-6-8-22(9-7-20)27(32)31-14-12-21(13-15-31)23-5-3-4-19(16-23)18-30/h3-11,16-17,21,33H,12-15,18,30H2,1-2H3. The zero-order valence-corrected chi connectivity index (χ0v) is 19.8. The van der Waals surface area contributed by atoms with E-state index in [0.717, 1.165) is 53.6 Å². The van der Waals surface area contributed by atoms with Crippen LogP contribution in [0.4, 0.5) is 0 Å². The normalized spacial score (nSPS) is 17.6. The molecule has 0 saturated carbocycles. The van der Waals surface area contributed by atoms with Crippen molar-refractivity contribution in [2.45, 2.75) is 44.8 Å². The van der Waals surface area contributed by atoms with Crippen molar-refractivity contribution >= 4 is 18.5 Å². The molecule has 0 unspecified atom stereocenters. The fourth-order valence-electron chi connectivity index (χ4n) is 5.28. The molecule has 1 amide bonds. The number of hydrogen-bond acceptors (Lipinski definition) is 4. The summed E-state index contributed by atoms with van der Waals surface area (Å²) < 4.78 is 5.67. The van der Waals surface area contributed by atoms with Crippen LogP contribution in [0.3, 0.4) is 0 Å². The van der Waals surface area contributed by atoms with Crippen LogP contribution >= 0.6 is 0 Å². The maximum atomic E-state index is 13.1. The van der Waals surface area contributed by atoms with Gasteiger partial charge in [0.05, 0.1) is 5.60 Å². The molecule has 34 heavy (non-hydrogen) atoms. The first-order valence-electron chi connectivity index (χ1n) is 12.0. The van der Waals surface area contributed by atoms with Crippen LogP contribution in [0.15, 0.2) is 66.7 Å². The zero-order valence-electron chi connectivity index (χ0n) is 19.8. The number of benzene rings is 3. The van der Waals surface area contributed by atoms with Gasteiger partial charge in [-0.1, -0.05) is 54.6 Å².